The van der Waals surface area contributed by atoms with Crippen LogP contribution in [0.15, 0.2) is 30.5 Å². The number of nitrogens with zero attached hydrogens (tertiary/aromatic N) is 4. The van der Waals surface area contributed by atoms with E-state index in [2.05, 4.69) is 15.4 Å². The molecule has 2 aromatic heterocycles. The van der Waals surface area contributed by atoms with E-state index in [1.807, 2.05) is 37.5 Å². The minimum Gasteiger partial charge on any atom is -0.348 e. The Labute approximate surface area is 141 Å². The number of aromatic nitrogens is 3. The molecule has 1 aromatic carbocycles. The molecule has 3 aromatic rings. The van der Waals surface area contributed by atoms with E-state index in [1.165, 1.54) is 11.3 Å². The van der Waals surface area contributed by atoms with Crippen molar-refractivity contribution in [3.05, 3.63) is 35.5 Å². The van der Waals surface area contributed by atoms with Crippen LogP contribution in [-0.4, -0.2) is 45.0 Å². The summed E-state index contributed by atoms with van der Waals surface area (Å²) in [6.45, 7) is 0.778. The predicted octanol–water partition coefficient (Wildman–Crippen LogP) is 2.75. The fraction of sp³-hybridized carbons (Fsp3) is 0.267. The molecule has 1 fully saturated rings. The summed E-state index contributed by atoms with van der Waals surface area (Å²) in [5.74, 6) is 0.111. The van der Waals surface area contributed by atoms with E-state index in [-0.39, 0.29) is 11.9 Å². The third kappa shape index (κ3) is 2.66. The van der Waals surface area contributed by atoms with Crippen molar-refractivity contribution in [2.24, 2.45) is 0 Å². The first kappa shape index (κ1) is 14.5. The number of benzene rings is 1. The molecule has 1 aliphatic rings. The highest BCUT2D eigenvalue weighted by atomic mass is 35.5. The van der Waals surface area contributed by atoms with Crippen LogP contribution in [0.3, 0.4) is 0 Å². The first-order valence-electron chi connectivity index (χ1n) is 7.24. The highest BCUT2D eigenvalue weighted by Crippen LogP contribution is 2.26. The van der Waals surface area contributed by atoms with Crippen molar-refractivity contribution in [1.82, 2.24) is 19.5 Å². The van der Waals surface area contributed by atoms with Gasteiger partial charge in [-0.25, -0.2) is 9.50 Å². The van der Waals surface area contributed by atoms with Gasteiger partial charge in [-0.15, -0.1) is 5.10 Å². The maximum absolute atomic E-state index is 11.9. The molecule has 1 unspecified atom stereocenters. The predicted molar refractivity (Wildman–Crippen MR) is 91.0 cm³/mol. The van der Waals surface area contributed by atoms with Crippen LogP contribution >= 0.6 is 22.9 Å². The summed E-state index contributed by atoms with van der Waals surface area (Å²) in [6, 6.07) is 7.36. The van der Waals surface area contributed by atoms with Gasteiger partial charge in [0.1, 0.15) is 6.04 Å². The van der Waals surface area contributed by atoms with Gasteiger partial charge >= 0.3 is 0 Å². The molecule has 0 aliphatic carbocycles. The van der Waals surface area contributed by atoms with E-state index in [0.717, 1.165) is 29.2 Å². The average molecular weight is 348 g/mol. The number of hydrogen-bond donors (Lipinski definition) is 1. The van der Waals surface area contributed by atoms with Crippen LogP contribution in [-0.2, 0) is 4.79 Å². The monoisotopic (exact) mass is 347 g/mol. The molecule has 118 valence electrons. The molecule has 4 rings (SSSR count). The van der Waals surface area contributed by atoms with Crippen molar-refractivity contribution in [3.63, 3.8) is 0 Å². The third-order valence-electron chi connectivity index (χ3n) is 3.91. The van der Waals surface area contributed by atoms with Gasteiger partial charge in [0, 0.05) is 24.2 Å². The average Bonchev–Trinajstić information content (AvgIpc) is 3.17. The van der Waals surface area contributed by atoms with Crippen molar-refractivity contribution in [1.29, 1.82) is 0 Å². The Hall–Kier alpha value is -2.12. The van der Waals surface area contributed by atoms with Gasteiger partial charge < -0.3 is 10.2 Å². The van der Waals surface area contributed by atoms with E-state index in [0.29, 0.717) is 10.2 Å². The number of halogens is 1. The summed E-state index contributed by atoms with van der Waals surface area (Å²) in [5.41, 5.74) is 1.85. The van der Waals surface area contributed by atoms with E-state index in [4.69, 9.17) is 11.6 Å². The van der Waals surface area contributed by atoms with Gasteiger partial charge in [-0.3, -0.25) is 4.79 Å². The van der Waals surface area contributed by atoms with Crippen LogP contribution in [0.25, 0.3) is 16.2 Å². The number of anilines is 1. The molecule has 1 aliphatic heterocycles. The number of likely N-dealkylation sites (tertiary alicyclic amines) is 1. The molecule has 6 nitrogen and oxygen atoms in total. The van der Waals surface area contributed by atoms with E-state index < -0.39 is 0 Å². The number of imidazole rings is 1. The van der Waals surface area contributed by atoms with Gasteiger partial charge in [0.05, 0.1) is 11.9 Å². The van der Waals surface area contributed by atoms with Crippen molar-refractivity contribution < 1.29 is 4.79 Å². The van der Waals surface area contributed by atoms with Gasteiger partial charge in [0.2, 0.25) is 16.0 Å². The summed E-state index contributed by atoms with van der Waals surface area (Å²) >= 11 is 7.34. The largest absolute Gasteiger partial charge is 0.348 e. The van der Waals surface area contributed by atoms with E-state index in [9.17, 15) is 4.79 Å². The van der Waals surface area contributed by atoms with Crippen molar-refractivity contribution in [2.75, 3.05) is 18.9 Å². The lowest BCUT2D eigenvalue weighted by Gasteiger charge is -2.10. The van der Waals surface area contributed by atoms with Crippen LogP contribution in [0.1, 0.15) is 6.42 Å². The van der Waals surface area contributed by atoms with E-state index in [1.54, 1.807) is 9.42 Å². The number of nitrogens with one attached hydrogen (secondary N) is 1. The number of fused-ring (bicyclic) bond motifs is 1. The minimum absolute atomic E-state index is 0.111. The first-order chi connectivity index (χ1) is 11.1. The van der Waals surface area contributed by atoms with Crippen LogP contribution in [0, 0.1) is 0 Å². The number of likely N-dealkylation sites (N-methyl/N-ethyl adjacent to an activating group) is 1. The molecule has 1 amide bonds. The van der Waals surface area contributed by atoms with Gasteiger partial charge in [-0.2, -0.15) is 0 Å². The molecule has 0 saturated carbocycles. The van der Waals surface area contributed by atoms with Gasteiger partial charge in [0.15, 0.2) is 0 Å². The van der Waals surface area contributed by atoms with Crippen molar-refractivity contribution in [3.8, 4) is 11.3 Å². The molecule has 1 atom stereocenters. The van der Waals surface area contributed by atoms with Gasteiger partial charge in [0.25, 0.3) is 0 Å². The third-order valence-corrected chi connectivity index (χ3v) is 5.01. The van der Waals surface area contributed by atoms with Gasteiger partial charge in [-0.1, -0.05) is 35.1 Å². The highest BCUT2D eigenvalue weighted by molar-refractivity contribution is 7.20. The summed E-state index contributed by atoms with van der Waals surface area (Å²) in [7, 11) is 1.82. The Morgan fingerprint density at radius 1 is 1.35 bits per heavy atom. The molecule has 23 heavy (non-hydrogen) atoms. The lowest BCUT2D eigenvalue weighted by atomic mass is 10.2. The molecule has 0 radical (unpaired) electrons. The molecule has 0 spiro atoms. The molecule has 0 bridgehead atoms. The Balaban J connectivity index is 1.57. The van der Waals surface area contributed by atoms with Crippen molar-refractivity contribution in [2.45, 2.75) is 12.5 Å². The summed E-state index contributed by atoms with van der Waals surface area (Å²) in [5, 5.41) is 9.08. The highest BCUT2D eigenvalue weighted by Gasteiger charge is 2.29. The number of carbonyl (C=O) groups excluding carboxylic acids is 1. The number of amides is 1. The topological polar surface area (TPSA) is 62.5 Å². The summed E-state index contributed by atoms with van der Waals surface area (Å²) < 4.78 is 1.74. The second-order valence-corrected chi connectivity index (χ2v) is 6.91. The van der Waals surface area contributed by atoms with Crippen LogP contribution in [0.5, 0.6) is 0 Å². The normalized spacial score (nSPS) is 18.1. The zero-order valence-electron chi connectivity index (χ0n) is 12.4. The maximum Gasteiger partial charge on any atom is 0.244 e. The van der Waals surface area contributed by atoms with Crippen molar-refractivity contribution >= 4 is 38.9 Å². The maximum atomic E-state index is 11.9. The number of hydrogen-bond acceptors (Lipinski definition) is 5. The Kier molecular flexibility index (Phi) is 3.46. The molecule has 3 heterocycles. The second kappa shape index (κ2) is 5.50. The quantitative estimate of drug-likeness (QED) is 0.791. The zero-order valence-corrected chi connectivity index (χ0v) is 13.9. The number of rotatable bonds is 3. The smallest absolute Gasteiger partial charge is 0.244 e. The lowest BCUT2D eigenvalue weighted by molar-refractivity contribution is -0.127. The molecular formula is C15H14ClN5OS. The molecule has 8 heteroatoms. The summed E-state index contributed by atoms with van der Waals surface area (Å²) in [4.78, 5) is 19.0. The standard InChI is InChI=1S/C15H14ClN5OS/c1-20-7-6-11(13(20)22)17-14-19-21-8-12(18-15(21)23-14)9-2-4-10(16)5-3-9/h2-5,8,11H,6-7H2,1H3,(H,17,19). The molecule has 1 N–H and O–H groups in total. The van der Waals surface area contributed by atoms with Crippen LogP contribution in [0.2, 0.25) is 5.02 Å². The fourth-order valence-corrected chi connectivity index (χ4v) is 3.58. The van der Waals surface area contributed by atoms with E-state index >= 15 is 0 Å². The zero-order chi connectivity index (χ0) is 16.0. The fourth-order valence-electron chi connectivity index (χ4n) is 2.62. The Morgan fingerprint density at radius 2 is 2.13 bits per heavy atom. The SMILES string of the molecule is CN1CCC(Nc2nn3cc(-c4ccc(Cl)cc4)nc3s2)C1=O. The molecular weight excluding hydrogens is 334 g/mol. The Morgan fingerprint density at radius 3 is 2.78 bits per heavy atom. The number of carbonyl (C=O) groups is 1. The van der Waals surface area contributed by atoms with Crippen LogP contribution in [0.4, 0.5) is 5.13 Å². The lowest BCUT2D eigenvalue weighted by Crippen LogP contribution is -2.30. The first-order valence-corrected chi connectivity index (χ1v) is 8.43. The molecule has 1 saturated heterocycles. The summed E-state index contributed by atoms with van der Waals surface area (Å²) in [6.07, 6.45) is 2.68. The van der Waals surface area contributed by atoms with Gasteiger partial charge in [-0.05, 0) is 18.6 Å². The Bertz CT molecular complexity index is 840. The minimum atomic E-state index is -0.188. The van der Waals surface area contributed by atoms with Crippen LogP contribution < -0.4 is 5.32 Å². The second-order valence-electron chi connectivity index (χ2n) is 5.51.